The lowest BCUT2D eigenvalue weighted by Gasteiger charge is -2.12. The van der Waals surface area contributed by atoms with Crippen LogP contribution in [-0.4, -0.2) is 30.1 Å². The molecule has 3 N–H and O–H groups in total. The normalized spacial score (nSPS) is 10.4. The lowest BCUT2D eigenvalue weighted by atomic mass is 10.1. The molecule has 7 nitrogen and oxygen atoms in total. The zero-order chi connectivity index (χ0) is 25.0. The molecule has 8 heteroatoms. The number of benzene rings is 3. The average molecular weight is 492 g/mol. The largest absolute Gasteiger partial charge is 0.494 e. The summed E-state index contributed by atoms with van der Waals surface area (Å²) in [7, 11) is 0. The molecule has 0 unspecified atom stereocenters. The molecule has 35 heavy (non-hydrogen) atoms. The van der Waals surface area contributed by atoms with Gasteiger partial charge in [-0.1, -0.05) is 38.1 Å². The van der Waals surface area contributed by atoms with Crippen LogP contribution in [0.2, 0.25) is 0 Å². The van der Waals surface area contributed by atoms with Gasteiger partial charge in [0, 0.05) is 16.9 Å². The van der Waals surface area contributed by atoms with E-state index in [0.717, 1.165) is 12.2 Å². The van der Waals surface area contributed by atoms with Crippen molar-refractivity contribution in [3.8, 4) is 11.5 Å². The molecule has 3 aromatic carbocycles. The van der Waals surface area contributed by atoms with Crippen LogP contribution in [0.25, 0.3) is 0 Å². The molecular weight excluding hydrogens is 462 g/mol. The van der Waals surface area contributed by atoms with E-state index in [2.05, 4.69) is 29.8 Å². The van der Waals surface area contributed by atoms with Gasteiger partial charge in [0.25, 0.3) is 11.8 Å². The van der Waals surface area contributed by atoms with Crippen molar-refractivity contribution in [1.82, 2.24) is 5.32 Å². The predicted molar refractivity (Wildman–Crippen MR) is 142 cm³/mol. The van der Waals surface area contributed by atoms with Gasteiger partial charge in [0.05, 0.1) is 6.61 Å². The number of carbonyl (C=O) groups is 2. The van der Waals surface area contributed by atoms with Crippen molar-refractivity contribution in [2.75, 3.05) is 23.8 Å². The van der Waals surface area contributed by atoms with Crippen molar-refractivity contribution in [1.29, 1.82) is 0 Å². The number of rotatable bonds is 10. The first-order valence-corrected chi connectivity index (χ1v) is 11.7. The second-order valence-corrected chi connectivity index (χ2v) is 8.60. The molecule has 0 aliphatic heterocycles. The Morgan fingerprint density at radius 1 is 0.829 bits per heavy atom. The highest BCUT2D eigenvalue weighted by molar-refractivity contribution is 7.80. The number of para-hydroxylation sites is 1. The molecular formula is C27H29N3O4S. The minimum Gasteiger partial charge on any atom is -0.494 e. The molecule has 0 radical (unpaired) electrons. The van der Waals surface area contributed by atoms with Crippen LogP contribution in [0.15, 0.2) is 78.9 Å². The second kappa shape index (κ2) is 13.1. The monoisotopic (exact) mass is 491 g/mol. The van der Waals surface area contributed by atoms with Crippen LogP contribution >= 0.6 is 12.2 Å². The Labute approximate surface area is 210 Å². The molecule has 3 rings (SSSR count). The van der Waals surface area contributed by atoms with E-state index in [4.69, 9.17) is 21.7 Å². The molecule has 0 aromatic heterocycles. The summed E-state index contributed by atoms with van der Waals surface area (Å²) in [4.78, 5) is 24.7. The van der Waals surface area contributed by atoms with Gasteiger partial charge in [0.2, 0.25) is 0 Å². The summed E-state index contributed by atoms with van der Waals surface area (Å²) in [6.07, 6.45) is 0.967. The summed E-state index contributed by atoms with van der Waals surface area (Å²) in [5, 5.41) is 8.52. The molecule has 0 spiro atoms. The van der Waals surface area contributed by atoms with Crippen LogP contribution in [-0.2, 0) is 4.79 Å². The van der Waals surface area contributed by atoms with Gasteiger partial charge in [-0.15, -0.1) is 0 Å². The Kier molecular flexibility index (Phi) is 9.62. The summed E-state index contributed by atoms with van der Waals surface area (Å²) < 4.78 is 11.1. The Bertz CT molecular complexity index is 1130. The summed E-state index contributed by atoms with van der Waals surface area (Å²) in [6.45, 7) is 4.80. The smallest absolute Gasteiger partial charge is 0.262 e. The van der Waals surface area contributed by atoms with Gasteiger partial charge in [-0.3, -0.25) is 14.9 Å². The number of anilines is 2. The number of nitrogens with one attached hydrogen (secondary N) is 3. The van der Waals surface area contributed by atoms with Crippen molar-refractivity contribution >= 4 is 40.5 Å². The summed E-state index contributed by atoms with van der Waals surface area (Å²) >= 11 is 5.27. The van der Waals surface area contributed by atoms with Crippen LogP contribution in [0.1, 0.15) is 30.6 Å². The molecule has 182 valence electrons. The molecule has 0 atom stereocenters. The highest BCUT2D eigenvalue weighted by Gasteiger charge is 2.10. The second-order valence-electron chi connectivity index (χ2n) is 8.19. The third-order valence-corrected chi connectivity index (χ3v) is 5.03. The molecule has 0 aliphatic carbocycles. The van der Waals surface area contributed by atoms with Crippen molar-refractivity contribution in [2.45, 2.75) is 20.3 Å². The fourth-order valence-corrected chi connectivity index (χ4v) is 3.20. The Balaban J connectivity index is 1.46. The van der Waals surface area contributed by atoms with Gasteiger partial charge in [-0.25, -0.2) is 0 Å². The van der Waals surface area contributed by atoms with Gasteiger partial charge in [0.1, 0.15) is 11.5 Å². The maximum Gasteiger partial charge on any atom is 0.262 e. The fourth-order valence-electron chi connectivity index (χ4n) is 2.99. The SMILES string of the molecule is CC(C)CCOc1ccc(C(=O)NC(=S)Nc2cccc(NC(=O)COc3ccccc3)c2)cc1. The minimum atomic E-state index is -0.334. The molecule has 0 saturated heterocycles. The summed E-state index contributed by atoms with van der Waals surface area (Å²) in [5.41, 5.74) is 1.65. The van der Waals surface area contributed by atoms with E-state index >= 15 is 0 Å². The van der Waals surface area contributed by atoms with Crippen molar-refractivity contribution < 1.29 is 19.1 Å². The van der Waals surface area contributed by atoms with Gasteiger partial charge in [-0.2, -0.15) is 0 Å². The zero-order valence-corrected chi connectivity index (χ0v) is 20.6. The third kappa shape index (κ3) is 9.10. The Morgan fingerprint density at radius 2 is 1.49 bits per heavy atom. The average Bonchev–Trinajstić information content (AvgIpc) is 2.84. The van der Waals surface area contributed by atoms with Gasteiger partial charge < -0.3 is 20.1 Å². The van der Waals surface area contributed by atoms with E-state index in [1.165, 1.54) is 0 Å². The van der Waals surface area contributed by atoms with E-state index in [-0.39, 0.29) is 23.5 Å². The fraction of sp³-hybridized carbons (Fsp3) is 0.222. The topological polar surface area (TPSA) is 88.7 Å². The molecule has 0 heterocycles. The standard InChI is InChI=1S/C27H29N3O4S/c1-19(2)15-16-33-24-13-11-20(12-14-24)26(32)30-27(35)29-22-8-6-7-21(17-22)28-25(31)18-34-23-9-4-3-5-10-23/h3-14,17,19H,15-16,18H2,1-2H3,(H,28,31)(H2,29,30,32,35). The number of carbonyl (C=O) groups excluding carboxylic acids is 2. The van der Waals surface area contributed by atoms with Crippen molar-refractivity contribution in [2.24, 2.45) is 5.92 Å². The maximum absolute atomic E-state index is 12.5. The van der Waals surface area contributed by atoms with E-state index in [9.17, 15) is 9.59 Å². The lowest BCUT2D eigenvalue weighted by molar-refractivity contribution is -0.118. The van der Waals surface area contributed by atoms with Gasteiger partial charge >= 0.3 is 0 Å². The van der Waals surface area contributed by atoms with Crippen LogP contribution < -0.4 is 25.4 Å². The van der Waals surface area contributed by atoms with E-state index < -0.39 is 0 Å². The number of amides is 2. The third-order valence-electron chi connectivity index (χ3n) is 4.82. The number of hydrogen-bond donors (Lipinski definition) is 3. The molecule has 2 amide bonds. The van der Waals surface area contributed by atoms with Crippen LogP contribution in [0, 0.1) is 5.92 Å². The summed E-state index contributed by atoms with van der Waals surface area (Å²) in [5.74, 6) is 1.28. The van der Waals surface area contributed by atoms with E-state index in [1.807, 2.05) is 18.2 Å². The molecule has 3 aromatic rings. The number of ether oxygens (including phenoxy) is 2. The van der Waals surface area contributed by atoms with Gasteiger partial charge in [0.15, 0.2) is 11.7 Å². The van der Waals surface area contributed by atoms with E-state index in [1.54, 1.807) is 60.7 Å². The molecule has 0 bridgehead atoms. The number of thiocarbonyl (C=S) groups is 1. The van der Waals surface area contributed by atoms with E-state index in [0.29, 0.717) is 35.2 Å². The van der Waals surface area contributed by atoms with Crippen LogP contribution in [0.3, 0.4) is 0 Å². The summed E-state index contributed by atoms with van der Waals surface area (Å²) in [6, 6.07) is 23.0. The van der Waals surface area contributed by atoms with Crippen LogP contribution in [0.4, 0.5) is 11.4 Å². The van der Waals surface area contributed by atoms with Crippen molar-refractivity contribution in [3.05, 3.63) is 84.4 Å². The highest BCUT2D eigenvalue weighted by Crippen LogP contribution is 2.16. The number of hydrogen-bond acceptors (Lipinski definition) is 5. The maximum atomic E-state index is 12.5. The lowest BCUT2D eigenvalue weighted by Crippen LogP contribution is -2.34. The first-order chi connectivity index (χ1) is 16.9. The zero-order valence-electron chi connectivity index (χ0n) is 19.7. The Morgan fingerprint density at radius 3 is 2.17 bits per heavy atom. The first-order valence-electron chi connectivity index (χ1n) is 11.3. The highest BCUT2D eigenvalue weighted by atomic mass is 32.1. The minimum absolute atomic E-state index is 0.113. The van der Waals surface area contributed by atoms with Crippen molar-refractivity contribution in [3.63, 3.8) is 0 Å². The molecule has 0 saturated carbocycles. The molecule has 0 fully saturated rings. The Hall–Kier alpha value is -3.91. The molecule has 0 aliphatic rings. The predicted octanol–water partition coefficient (Wildman–Crippen LogP) is 5.26. The quantitative estimate of drug-likeness (QED) is 0.336. The first kappa shape index (κ1) is 25.7. The van der Waals surface area contributed by atoms with Gasteiger partial charge in [-0.05, 0) is 79.2 Å². The van der Waals surface area contributed by atoms with Crippen LogP contribution in [0.5, 0.6) is 11.5 Å².